The van der Waals surface area contributed by atoms with E-state index in [1.165, 1.54) is 4.31 Å². The van der Waals surface area contributed by atoms with Crippen LogP contribution in [0.4, 0.5) is 0 Å². The van der Waals surface area contributed by atoms with Gasteiger partial charge in [-0.3, -0.25) is 9.69 Å². The zero-order valence-corrected chi connectivity index (χ0v) is 17.9. The van der Waals surface area contributed by atoms with E-state index in [0.29, 0.717) is 26.2 Å². The average Bonchev–Trinajstić information content (AvgIpc) is 2.69. The third-order valence-corrected chi connectivity index (χ3v) is 7.17. The third-order valence-electron chi connectivity index (χ3n) is 5.32. The zero-order chi connectivity index (χ0) is 20.9. The summed E-state index contributed by atoms with van der Waals surface area (Å²) in [6.45, 7) is 6.23. The number of nitrogens with zero attached hydrogens (tertiary/aromatic N) is 2. The summed E-state index contributed by atoms with van der Waals surface area (Å²) in [5, 5.41) is 3.05. The average molecular weight is 416 g/mol. The molecule has 29 heavy (non-hydrogen) atoms. The van der Waals surface area contributed by atoms with E-state index in [1.807, 2.05) is 73.3 Å². The SMILES string of the molecule is Cc1ccccc1[C@H](C)NC(=O)CN1CCN(S(=O)(=O)Cc2ccccc2)CC1. The molecule has 1 amide bonds. The summed E-state index contributed by atoms with van der Waals surface area (Å²) in [7, 11) is -3.34. The normalized spacial score (nSPS) is 17.0. The van der Waals surface area contributed by atoms with E-state index in [-0.39, 0.29) is 24.2 Å². The Hall–Kier alpha value is -2.22. The molecule has 0 unspecified atom stereocenters. The van der Waals surface area contributed by atoms with Gasteiger partial charge in [-0.25, -0.2) is 8.42 Å². The minimum Gasteiger partial charge on any atom is -0.348 e. The molecule has 3 rings (SSSR count). The largest absolute Gasteiger partial charge is 0.348 e. The molecule has 1 aliphatic heterocycles. The predicted octanol–water partition coefficient (Wildman–Crippen LogP) is 2.32. The lowest BCUT2D eigenvalue weighted by atomic mass is 10.0. The Bertz CT molecular complexity index is 923. The van der Waals surface area contributed by atoms with Crippen LogP contribution in [0.3, 0.4) is 0 Å². The lowest BCUT2D eigenvalue weighted by Crippen LogP contribution is -2.51. The van der Waals surface area contributed by atoms with Crippen LogP contribution in [0.5, 0.6) is 0 Å². The number of amides is 1. The molecule has 156 valence electrons. The lowest BCUT2D eigenvalue weighted by molar-refractivity contribution is -0.123. The van der Waals surface area contributed by atoms with Gasteiger partial charge in [0, 0.05) is 26.2 Å². The van der Waals surface area contributed by atoms with Crippen LogP contribution in [0.15, 0.2) is 54.6 Å². The second-order valence-electron chi connectivity index (χ2n) is 7.56. The van der Waals surface area contributed by atoms with Gasteiger partial charge in [0.1, 0.15) is 0 Å². The highest BCUT2D eigenvalue weighted by Gasteiger charge is 2.28. The van der Waals surface area contributed by atoms with Gasteiger partial charge in [-0.15, -0.1) is 0 Å². The zero-order valence-electron chi connectivity index (χ0n) is 17.0. The summed E-state index contributed by atoms with van der Waals surface area (Å²) in [5.74, 6) is -0.0243. The Labute approximate surface area is 173 Å². The number of carbonyl (C=O) groups is 1. The van der Waals surface area contributed by atoms with Crippen molar-refractivity contribution in [2.24, 2.45) is 0 Å². The molecular weight excluding hydrogens is 386 g/mol. The van der Waals surface area contributed by atoms with Crippen molar-refractivity contribution in [1.29, 1.82) is 0 Å². The summed E-state index contributed by atoms with van der Waals surface area (Å²) in [5.41, 5.74) is 3.05. The molecule has 1 aliphatic rings. The first-order valence-electron chi connectivity index (χ1n) is 9.94. The maximum atomic E-state index is 12.6. The molecular formula is C22H29N3O3S. The number of nitrogens with one attached hydrogen (secondary N) is 1. The van der Waals surface area contributed by atoms with Crippen molar-refractivity contribution in [2.75, 3.05) is 32.7 Å². The molecule has 0 radical (unpaired) electrons. The van der Waals surface area contributed by atoms with Crippen LogP contribution < -0.4 is 5.32 Å². The van der Waals surface area contributed by atoms with E-state index in [2.05, 4.69) is 5.32 Å². The van der Waals surface area contributed by atoms with Crippen LogP contribution >= 0.6 is 0 Å². The van der Waals surface area contributed by atoms with Crippen LogP contribution in [0.1, 0.15) is 29.7 Å². The second-order valence-corrected chi connectivity index (χ2v) is 9.53. The van der Waals surface area contributed by atoms with Gasteiger partial charge >= 0.3 is 0 Å². The van der Waals surface area contributed by atoms with E-state index in [0.717, 1.165) is 16.7 Å². The Balaban J connectivity index is 1.48. The van der Waals surface area contributed by atoms with Crippen LogP contribution in [0.25, 0.3) is 0 Å². The molecule has 1 saturated heterocycles. The molecule has 0 spiro atoms. The summed E-state index contributed by atoms with van der Waals surface area (Å²) in [4.78, 5) is 14.4. The van der Waals surface area contributed by atoms with Gasteiger partial charge < -0.3 is 5.32 Å². The van der Waals surface area contributed by atoms with Crippen molar-refractivity contribution in [2.45, 2.75) is 25.6 Å². The van der Waals surface area contributed by atoms with Crippen LogP contribution in [-0.4, -0.2) is 56.3 Å². The van der Waals surface area contributed by atoms with E-state index < -0.39 is 10.0 Å². The molecule has 2 aromatic rings. The fourth-order valence-corrected chi connectivity index (χ4v) is 5.20. The number of sulfonamides is 1. The maximum Gasteiger partial charge on any atom is 0.234 e. The van der Waals surface area contributed by atoms with Crippen molar-refractivity contribution < 1.29 is 13.2 Å². The Kier molecular flexibility index (Phi) is 7.05. The molecule has 0 saturated carbocycles. The first-order valence-corrected chi connectivity index (χ1v) is 11.5. The van der Waals surface area contributed by atoms with Crippen molar-refractivity contribution in [1.82, 2.24) is 14.5 Å². The highest BCUT2D eigenvalue weighted by molar-refractivity contribution is 7.88. The fraction of sp³-hybridized carbons (Fsp3) is 0.409. The molecule has 1 N–H and O–H groups in total. The van der Waals surface area contributed by atoms with E-state index >= 15 is 0 Å². The molecule has 6 nitrogen and oxygen atoms in total. The molecule has 1 fully saturated rings. The minimum atomic E-state index is -3.34. The second kappa shape index (κ2) is 9.52. The molecule has 1 heterocycles. The summed E-state index contributed by atoms with van der Waals surface area (Å²) < 4.78 is 26.8. The quantitative estimate of drug-likeness (QED) is 0.754. The van der Waals surface area contributed by atoms with Gasteiger partial charge in [-0.05, 0) is 30.5 Å². The number of carbonyl (C=O) groups excluding carboxylic acids is 1. The van der Waals surface area contributed by atoms with Crippen molar-refractivity contribution >= 4 is 15.9 Å². The smallest absolute Gasteiger partial charge is 0.234 e. The van der Waals surface area contributed by atoms with Gasteiger partial charge in [0.15, 0.2) is 0 Å². The van der Waals surface area contributed by atoms with E-state index in [9.17, 15) is 13.2 Å². The van der Waals surface area contributed by atoms with Gasteiger partial charge in [0.05, 0.1) is 18.3 Å². The van der Waals surface area contributed by atoms with Gasteiger partial charge in [-0.1, -0.05) is 54.6 Å². The topological polar surface area (TPSA) is 69.7 Å². The molecule has 2 aromatic carbocycles. The van der Waals surface area contributed by atoms with Crippen LogP contribution in [0.2, 0.25) is 0 Å². The van der Waals surface area contributed by atoms with E-state index in [4.69, 9.17) is 0 Å². The van der Waals surface area contributed by atoms with Crippen LogP contribution in [-0.2, 0) is 20.6 Å². The first-order chi connectivity index (χ1) is 13.8. The van der Waals surface area contributed by atoms with Gasteiger partial charge in [0.25, 0.3) is 0 Å². The first kappa shape index (κ1) is 21.5. The predicted molar refractivity (Wildman–Crippen MR) is 115 cm³/mol. The lowest BCUT2D eigenvalue weighted by Gasteiger charge is -2.33. The number of benzene rings is 2. The Morgan fingerprint density at radius 3 is 2.28 bits per heavy atom. The minimum absolute atomic E-state index is 0.0161. The number of hydrogen-bond acceptors (Lipinski definition) is 4. The van der Waals surface area contributed by atoms with Crippen molar-refractivity contribution in [3.63, 3.8) is 0 Å². The summed E-state index contributed by atoms with van der Waals surface area (Å²) >= 11 is 0. The summed E-state index contributed by atoms with van der Waals surface area (Å²) in [6.07, 6.45) is 0. The molecule has 0 aromatic heterocycles. The summed E-state index contributed by atoms with van der Waals surface area (Å²) in [6, 6.07) is 17.2. The number of aryl methyl sites for hydroxylation is 1. The van der Waals surface area contributed by atoms with Gasteiger partial charge in [0.2, 0.25) is 15.9 Å². The standard InChI is InChI=1S/C22H29N3O3S/c1-18-8-6-7-11-21(18)19(2)23-22(26)16-24-12-14-25(15-13-24)29(27,28)17-20-9-4-3-5-10-20/h3-11,19H,12-17H2,1-2H3,(H,23,26)/t19-/m0/s1. The van der Waals surface area contributed by atoms with Crippen molar-refractivity contribution in [3.05, 3.63) is 71.3 Å². The monoisotopic (exact) mass is 415 g/mol. The fourth-order valence-electron chi connectivity index (χ4n) is 3.68. The molecule has 0 aliphatic carbocycles. The molecule has 1 atom stereocenters. The van der Waals surface area contributed by atoms with E-state index in [1.54, 1.807) is 0 Å². The Morgan fingerprint density at radius 2 is 1.62 bits per heavy atom. The van der Waals surface area contributed by atoms with Gasteiger partial charge in [-0.2, -0.15) is 4.31 Å². The van der Waals surface area contributed by atoms with Crippen molar-refractivity contribution in [3.8, 4) is 0 Å². The molecule has 0 bridgehead atoms. The number of rotatable bonds is 7. The van der Waals surface area contributed by atoms with Crippen LogP contribution in [0, 0.1) is 6.92 Å². The number of hydrogen-bond donors (Lipinski definition) is 1. The highest BCUT2D eigenvalue weighted by atomic mass is 32.2. The maximum absolute atomic E-state index is 12.6. The number of piperazine rings is 1. The third kappa shape index (κ3) is 5.88. The Morgan fingerprint density at radius 1 is 1.00 bits per heavy atom. The molecule has 7 heteroatoms. The highest BCUT2D eigenvalue weighted by Crippen LogP contribution is 2.17.